The van der Waals surface area contributed by atoms with Crippen LogP contribution >= 0.6 is 17.2 Å². The SMILES string of the molecule is CCCCPC.CCCCPC.O=C(O)O. The lowest BCUT2D eigenvalue weighted by Gasteiger charge is -1.86. The van der Waals surface area contributed by atoms with E-state index in [2.05, 4.69) is 27.2 Å². The molecule has 0 aliphatic heterocycles. The molecule has 0 aliphatic carbocycles. The minimum Gasteiger partial charge on any atom is -0.450 e. The van der Waals surface area contributed by atoms with Crippen LogP contribution in [0, 0.1) is 0 Å². The van der Waals surface area contributed by atoms with Crippen molar-refractivity contribution >= 4 is 23.3 Å². The van der Waals surface area contributed by atoms with Crippen molar-refractivity contribution in [2.75, 3.05) is 25.7 Å². The number of unbranched alkanes of at least 4 members (excludes halogenated alkanes) is 2. The van der Waals surface area contributed by atoms with Gasteiger partial charge in [-0.25, -0.2) is 4.79 Å². The van der Waals surface area contributed by atoms with Crippen LogP contribution in [0.2, 0.25) is 0 Å². The van der Waals surface area contributed by atoms with Crippen molar-refractivity contribution in [1.82, 2.24) is 0 Å². The molecule has 0 heterocycles. The van der Waals surface area contributed by atoms with Gasteiger partial charge in [-0.1, -0.05) is 26.7 Å². The molecule has 2 atom stereocenters. The number of carboxylic acid groups (broad SMARTS) is 2. The zero-order valence-electron chi connectivity index (χ0n) is 11.0. The Morgan fingerprint density at radius 2 is 1.19 bits per heavy atom. The molecule has 0 saturated heterocycles. The molecule has 0 aromatic rings. The van der Waals surface area contributed by atoms with Gasteiger partial charge in [-0.2, -0.15) is 0 Å². The third-order valence-electron chi connectivity index (χ3n) is 1.56. The van der Waals surface area contributed by atoms with E-state index in [1.165, 1.54) is 38.0 Å². The topological polar surface area (TPSA) is 57.5 Å². The molecule has 0 amide bonds. The van der Waals surface area contributed by atoms with E-state index in [-0.39, 0.29) is 0 Å². The second kappa shape index (κ2) is 24.4. The van der Waals surface area contributed by atoms with Crippen LogP contribution in [-0.2, 0) is 0 Å². The van der Waals surface area contributed by atoms with Crippen LogP contribution in [0.25, 0.3) is 0 Å². The highest BCUT2D eigenvalue weighted by Crippen LogP contribution is 2.04. The summed E-state index contributed by atoms with van der Waals surface area (Å²) in [6.07, 6.45) is 6.62. The maximum Gasteiger partial charge on any atom is 0.503 e. The van der Waals surface area contributed by atoms with Gasteiger partial charge in [0.1, 0.15) is 0 Å². The van der Waals surface area contributed by atoms with Crippen LogP contribution in [0.3, 0.4) is 0 Å². The Balaban J connectivity index is -0.000000162. The molecule has 0 aromatic heterocycles. The first-order valence-electron chi connectivity index (χ1n) is 5.77. The fourth-order valence-corrected chi connectivity index (χ4v) is 2.12. The van der Waals surface area contributed by atoms with E-state index < -0.39 is 6.16 Å². The van der Waals surface area contributed by atoms with Crippen LogP contribution < -0.4 is 0 Å². The molecule has 0 spiro atoms. The van der Waals surface area contributed by atoms with Crippen molar-refractivity contribution < 1.29 is 15.0 Å². The van der Waals surface area contributed by atoms with E-state index in [0.29, 0.717) is 0 Å². The van der Waals surface area contributed by atoms with Crippen molar-refractivity contribution in [1.29, 1.82) is 0 Å². The minimum atomic E-state index is -1.83. The minimum absolute atomic E-state index is 1.16. The summed E-state index contributed by atoms with van der Waals surface area (Å²) < 4.78 is 0. The van der Waals surface area contributed by atoms with Gasteiger partial charge in [0.15, 0.2) is 0 Å². The molecule has 3 nitrogen and oxygen atoms in total. The lowest BCUT2D eigenvalue weighted by atomic mass is 10.4. The fourth-order valence-electron chi connectivity index (χ4n) is 0.707. The molecule has 0 rings (SSSR count). The van der Waals surface area contributed by atoms with E-state index in [4.69, 9.17) is 15.0 Å². The zero-order chi connectivity index (χ0) is 13.2. The maximum atomic E-state index is 8.56. The quantitative estimate of drug-likeness (QED) is 0.555. The maximum absolute atomic E-state index is 8.56. The lowest BCUT2D eigenvalue weighted by molar-refractivity contribution is 0.137. The summed E-state index contributed by atoms with van der Waals surface area (Å²) in [6.45, 7) is 8.99. The van der Waals surface area contributed by atoms with Gasteiger partial charge in [0, 0.05) is 0 Å². The molecule has 2 N–H and O–H groups in total. The Morgan fingerprint density at radius 1 is 0.938 bits per heavy atom. The van der Waals surface area contributed by atoms with Gasteiger partial charge in [0.2, 0.25) is 0 Å². The largest absolute Gasteiger partial charge is 0.503 e. The van der Waals surface area contributed by atoms with Crippen LogP contribution in [0.4, 0.5) is 4.79 Å². The average molecular weight is 270 g/mol. The van der Waals surface area contributed by atoms with Crippen molar-refractivity contribution in [3.8, 4) is 0 Å². The first-order chi connectivity index (χ1) is 7.56. The first kappa shape index (κ1) is 21.4. The van der Waals surface area contributed by atoms with Crippen LogP contribution in [0.1, 0.15) is 39.5 Å². The monoisotopic (exact) mass is 270 g/mol. The normalized spacial score (nSPS) is 9.75. The molecule has 0 bridgehead atoms. The highest BCUT2D eigenvalue weighted by molar-refractivity contribution is 7.37. The predicted molar refractivity (Wildman–Crippen MR) is 78.7 cm³/mol. The van der Waals surface area contributed by atoms with Gasteiger partial charge >= 0.3 is 6.16 Å². The van der Waals surface area contributed by atoms with E-state index >= 15 is 0 Å². The summed E-state index contributed by atoms with van der Waals surface area (Å²) in [6, 6.07) is 0. The number of carbonyl (C=O) groups is 1. The van der Waals surface area contributed by atoms with Gasteiger partial charge in [0.05, 0.1) is 0 Å². The Bertz CT molecular complexity index is 102. The summed E-state index contributed by atoms with van der Waals surface area (Å²) in [5.41, 5.74) is 0. The van der Waals surface area contributed by atoms with Crippen molar-refractivity contribution in [3.05, 3.63) is 0 Å². The highest BCUT2D eigenvalue weighted by Gasteiger charge is 1.75. The molecular weight excluding hydrogens is 242 g/mol. The van der Waals surface area contributed by atoms with E-state index in [1.54, 1.807) is 0 Å². The molecule has 0 aromatic carbocycles. The molecule has 0 aliphatic rings. The number of hydrogen-bond donors (Lipinski definition) is 2. The summed E-state index contributed by atoms with van der Waals surface area (Å²) in [7, 11) is 2.33. The third-order valence-corrected chi connectivity index (χ3v) is 3.27. The molecular formula is C11H28O3P2. The molecule has 0 saturated carbocycles. The Morgan fingerprint density at radius 3 is 1.25 bits per heavy atom. The van der Waals surface area contributed by atoms with E-state index in [1.807, 2.05) is 0 Å². The zero-order valence-corrected chi connectivity index (χ0v) is 13.0. The Kier molecular flexibility index (Phi) is 32.6. The Labute approximate surface area is 104 Å². The van der Waals surface area contributed by atoms with Crippen molar-refractivity contribution in [2.24, 2.45) is 0 Å². The Hall–Kier alpha value is 0.130. The van der Waals surface area contributed by atoms with Gasteiger partial charge < -0.3 is 10.2 Å². The highest BCUT2D eigenvalue weighted by atomic mass is 31.1. The van der Waals surface area contributed by atoms with Gasteiger partial charge in [-0.05, 0) is 38.5 Å². The summed E-state index contributed by atoms with van der Waals surface area (Å²) >= 11 is 0. The van der Waals surface area contributed by atoms with Crippen LogP contribution in [0.15, 0.2) is 0 Å². The summed E-state index contributed by atoms with van der Waals surface area (Å²) in [5, 5.41) is 13.9. The van der Waals surface area contributed by atoms with Crippen molar-refractivity contribution in [2.45, 2.75) is 39.5 Å². The number of rotatable bonds is 6. The molecule has 5 heteroatoms. The molecule has 0 fully saturated rings. The third kappa shape index (κ3) is 64.8. The van der Waals surface area contributed by atoms with Gasteiger partial charge in [0.25, 0.3) is 0 Å². The van der Waals surface area contributed by atoms with Gasteiger partial charge in [-0.3, -0.25) is 0 Å². The standard InChI is InChI=1S/2C5H13P.CH2O3/c2*1-3-4-5-6-2;2-1(3)4/h2*6H,3-5H2,1-2H3;(H2,2,3,4). The smallest absolute Gasteiger partial charge is 0.450 e. The fraction of sp³-hybridized carbons (Fsp3) is 0.909. The lowest BCUT2D eigenvalue weighted by Crippen LogP contribution is -1.81. The molecule has 16 heavy (non-hydrogen) atoms. The number of hydrogen-bond acceptors (Lipinski definition) is 1. The van der Waals surface area contributed by atoms with Crippen LogP contribution in [-0.4, -0.2) is 42.0 Å². The predicted octanol–water partition coefficient (Wildman–Crippen LogP) is 4.41. The summed E-state index contributed by atoms with van der Waals surface area (Å²) in [4.78, 5) is 8.56. The first-order valence-corrected chi connectivity index (χ1v) is 9.19. The van der Waals surface area contributed by atoms with Crippen molar-refractivity contribution in [3.63, 3.8) is 0 Å². The molecule has 2 unspecified atom stereocenters. The second-order valence-corrected chi connectivity index (χ2v) is 5.61. The second-order valence-electron chi connectivity index (χ2n) is 3.20. The molecule has 0 radical (unpaired) electrons. The van der Waals surface area contributed by atoms with Gasteiger partial charge in [-0.15, -0.1) is 17.2 Å². The van der Waals surface area contributed by atoms with E-state index in [0.717, 1.165) is 17.2 Å². The van der Waals surface area contributed by atoms with E-state index in [9.17, 15) is 0 Å². The van der Waals surface area contributed by atoms with Crippen LogP contribution in [0.5, 0.6) is 0 Å². The average Bonchev–Trinajstić information content (AvgIpc) is 2.23. The molecule has 100 valence electrons. The summed E-state index contributed by atoms with van der Waals surface area (Å²) in [5.74, 6) is 0.